The van der Waals surface area contributed by atoms with Crippen molar-refractivity contribution < 1.29 is 19.1 Å². The molecule has 1 aromatic heterocycles. The topological polar surface area (TPSA) is 88.5 Å². The van der Waals surface area contributed by atoms with Crippen molar-refractivity contribution in [2.75, 3.05) is 7.11 Å². The average molecular weight is 312 g/mol. The average Bonchev–Trinajstić information content (AvgIpc) is 2.55. The zero-order valence-electron chi connectivity index (χ0n) is 12.1. The van der Waals surface area contributed by atoms with E-state index in [1.54, 1.807) is 19.2 Å². The van der Waals surface area contributed by atoms with Gasteiger partial charge in [-0.15, -0.1) is 0 Å². The predicted octanol–water partition coefficient (Wildman–Crippen LogP) is 3.18. The fraction of sp³-hybridized carbons (Fsp3) is 0.0625. The van der Waals surface area contributed by atoms with Gasteiger partial charge in [0, 0.05) is 10.8 Å². The van der Waals surface area contributed by atoms with Crippen LogP contribution in [0.25, 0.3) is 10.8 Å². The van der Waals surface area contributed by atoms with Crippen LogP contribution >= 0.6 is 0 Å². The number of fused-ring (bicyclic) bond motifs is 1. The van der Waals surface area contributed by atoms with E-state index in [4.69, 9.17) is 9.47 Å². The number of hydrogen-bond donors (Lipinski definition) is 0. The first-order chi connectivity index (χ1) is 11.1. The van der Waals surface area contributed by atoms with E-state index in [0.29, 0.717) is 16.2 Å². The summed E-state index contributed by atoms with van der Waals surface area (Å²) in [4.78, 5) is 10.5. The van der Waals surface area contributed by atoms with Gasteiger partial charge in [-0.05, 0) is 12.1 Å². The molecule has 0 amide bonds. The number of hydrogen-bond acceptors (Lipinski definition) is 5. The lowest BCUT2D eigenvalue weighted by atomic mass is 10.1. The van der Waals surface area contributed by atoms with Crippen LogP contribution in [-0.2, 0) is 0 Å². The van der Waals surface area contributed by atoms with Crippen LogP contribution in [0.4, 0.5) is 5.69 Å². The minimum absolute atomic E-state index is 0.122. The minimum atomic E-state index is -0.596. The van der Waals surface area contributed by atoms with Gasteiger partial charge in [-0.25, -0.2) is 0 Å². The van der Waals surface area contributed by atoms with Crippen LogP contribution in [0.5, 0.6) is 17.2 Å². The predicted molar refractivity (Wildman–Crippen MR) is 82.6 cm³/mol. The number of rotatable bonds is 4. The van der Waals surface area contributed by atoms with Crippen molar-refractivity contribution in [1.29, 1.82) is 0 Å². The summed E-state index contributed by atoms with van der Waals surface area (Å²) in [5.41, 5.74) is -0.281. The van der Waals surface area contributed by atoms with Gasteiger partial charge in [0.15, 0.2) is 6.20 Å². The van der Waals surface area contributed by atoms with Gasteiger partial charge >= 0.3 is 5.69 Å². The normalized spacial score (nSPS) is 10.5. The zero-order chi connectivity index (χ0) is 16.4. The maximum absolute atomic E-state index is 11.4. The Morgan fingerprint density at radius 2 is 1.65 bits per heavy atom. The smallest absolute Gasteiger partial charge is 0.323 e. The molecule has 0 spiro atoms. The van der Waals surface area contributed by atoms with Crippen LogP contribution in [-0.4, -0.2) is 12.0 Å². The second-order valence-electron chi connectivity index (χ2n) is 4.72. The molecule has 116 valence electrons. The number of nitrogens with zero attached hydrogens (tertiary/aromatic N) is 2. The van der Waals surface area contributed by atoms with Crippen molar-refractivity contribution in [2.45, 2.75) is 0 Å². The molecule has 0 aliphatic rings. The molecule has 0 atom stereocenters. The summed E-state index contributed by atoms with van der Waals surface area (Å²) in [6, 6.07) is 11.8. The fourth-order valence-electron chi connectivity index (χ4n) is 2.31. The Morgan fingerprint density at radius 1 is 1.00 bits per heavy atom. The molecule has 0 fully saturated rings. The SMILES string of the molecule is COc1ccc(Oc2c[n+]([O-])ccc2[N+](=O)[O-])c2ccccc12. The molecule has 7 heteroatoms. The first-order valence-electron chi connectivity index (χ1n) is 6.71. The Kier molecular flexibility index (Phi) is 3.68. The Morgan fingerprint density at radius 3 is 2.30 bits per heavy atom. The molecule has 1 heterocycles. The van der Waals surface area contributed by atoms with Crippen LogP contribution < -0.4 is 14.2 Å². The van der Waals surface area contributed by atoms with Gasteiger partial charge < -0.3 is 14.7 Å². The Hall–Kier alpha value is -3.35. The Balaban J connectivity index is 2.13. The van der Waals surface area contributed by atoms with Gasteiger partial charge in [-0.2, -0.15) is 4.73 Å². The van der Waals surface area contributed by atoms with Gasteiger partial charge in [0.1, 0.15) is 11.5 Å². The highest BCUT2D eigenvalue weighted by molar-refractivity contribution is 5.93. The molecule has 3 aromatic rings. The molecule has 0 saturated heterocycles. The van der Waals surface area contributed by atoms with Crippen LogP contribution in [0.15, 0.2) is 54.9 Å². The number of pyridine rings is 1. The van der Waals surface area contributed by atoms with Crippen LogP contribution in [0.2, 0.25) is 0 Å². The third kappa shape index (κ3) is 2.71. The Bertz CT molecular complexity index is 895. The van der Waals surface area contributed by atoms with Gasteiger partial charge in [0.2, 0.25) is 6.20 Å². The molecule has 7 nitrogen and oxygen atoms in total. The summed E-state index contributed by atoms with van der Waals surface area (Å²) >= 11 is 0. The molecule has 0 radical (unpaired) electrons. The van der Waals surface area contributed by atoms with Crippen LogP contribution in [0.3, 0.4) is 0 Å². The lowest BCUT2D eigenvalue weighted by molar-refractivity contribution is -0.606. The summed E-state index contributed by atoms with van der Waals surface area (Å²) in [5, 5.41) is 24.0. The molecular formula is C16H12N2O5. The lowest BCUT2D eigenvalue weighted by Gasteiger charge is -2.11. The molecule has 0 aliphatic carbocycles. The van der Waals surface area contributed by atoms with Gasteiger partial charge in [-0.1, -0.05) is 24.3 Å². The van der Waals surface area contributed by atoms with E-state index in [-0.39, 0.29) is 11.4 Å². The van der Waals surface area contributed by atoms with Crippen molar-refractivity contribution in [2.24, 2.45) is 0 Å². The fourth-order valence-corrected chi connectivity index (χ4v) is 2.31. The molecule has 2 aromatic carbocycles. The lowest BCUT2D eigenvalue weighted by Crippen LogP contribution is -2.24. The highest BCUT2D eigenvalue weighted by Crippen LogP contribution is 2.37. The zero-order valence-corrected chi connectivity index (χ0v) is 12.1. The molecule has 3 rings (SSSR count). The summed E-state index contributed by atoms with van der Waals surface area (Å²) in [7, 11) is 1.56. The quantitative estimate of drug-likeness (QED) is 0.319. The summed E-state index contributed by atoms with van der Waals surface area (Å²) < 4.78 is 11.4. The van der Waals surface area contributed by atoms with E-state index in [1.807, 2.05) is 24.3 Å². The summed E-state index contributed by atoms with van der Waals surface area (Å²) in [6.07, 6.45) is 2.08. The Labute approximate surface area is 131 Å². The number of benzene rings is 2. The standard InChI is InChI=1S/C16H12N2O5/c1-22-14-6-7-15(12-5-3-2-4-11(12)14)23-16-10-17(19)9-8-13(16)18(20)21/h2-10H,1H3. The minimum Gasteiger partial charge on any atom is -0.619 e. The largest absolute Gasteiger partial charge is 0.619 e. The van der Waals surface area contributed by atoms with Crippen molar-refractivity contribution in [3.05, 3.63) is 70.2 Å². The highest BCUT2D eigenvalue weighted by atomic mass is 16.6. The summed E-state index contributed by atoms with van der Waals surface area (Å²) in [6.45, 7) is 0. The number of aromatic nitrogens is 1. The van der Waals surface area contributed by atoms with Crippen molar-refractivity contribution in [1.82, 2.24) is 0 Å². The van der Waals surface area contributed by atoms with E-state index in [0.717, 1.165) is 29.2 Å². The third-order valence-corrected chi connectivity index (χ3v) is 3.36. The molecule has 0 saturated carbocycles. The number of ether oxygens (including phenoxy) is 2. The molecule has 0 aliphatic heterocycles. The molecule has 0 bridgehead atoms. The number of methoxy groups -OCH3 is 1. The third-order valence-electron chi connectivity index (χ3n) is 3.36. The first kappa shape index (κ1) is 14.6. The van der Waals surface area contributed by atoms with E-state index < -0.39 is 4.92 Å². The second-order valence-corrected chi connectivity index (χ2v) is 4.72. The van der Waals surface area contributed by atoms with E-state index in [9.17, 15) is 15.3 Å². The van der Waals surface area contributed by atoms with Gasteiger partial charge in [-0.3, -0.25) is 10.1 Å². The van der Waals surface area contributed by atoms with E-state index >= 15 is 0 Å². The maximum atomic E-state index is 11.4. The molecule has 0 N–H and O–H groups in total. The first-order valence-corrected chi connectivity index (χ1v) is 6.71. The second kappa shape index (κ2) is 5.80. The molecule has 0 unspecified atom stereocenters. The van der Waals surface area contributed by atoms with Crippen LogP contribution in [0.1, 0.15) is 0 Å². The maximum Gasteiger partial charge on any atom is 0.323 e. The number of nitro groups is 1. The molecule has 23 heavy (non-hydrogen) atoms. The summed E-state index contributed by atoms with van der Waals surface area (Å²) in [5.74, 6) is 0.938. The van der Waals surface area contributed by atoms with Crippen molar-refractivity contribution >= 4 is 16.5 Å². The van der Waals surface area contributed by atoms with Crippen molar-refractivity contribution in [3.8, 4) is 17.2 Å². The highest BCUT2D eigenvalue weighted by Gasteiger charge is 2.20. The van der Waals surface area contributed by atoms with Gasteiger partial charge in [0.25, 0.3) is 5.75 Å². The van der Waals surface area contributed by atoms with E-state index in [2.05, 4.69) is 0 Å². The van der Waals surface area contributed by atoms with Crippen LogP contribution in [0, 0.1) is 15.3 Å². The molecular weight excluding hydrogens is 300 g/mol. The van der Waals surface area contributed by atoms with E-state index in [1.165, 1.54) is 0 Å². The van der Waals surface area contributed by atoms with Gasteiger partial charge in [0.05, 0.1) is 18.1 Å². The van der Waals surface area contributed by atoms with Crippen molar-refractivity contribution in [3.63, 3.8) is 0 Å². The monoisotopic (exact) mass is 312 g/mol.